The van der Waals surface area contributed by atoms with Gasteiger partial charge in [-0.3, -0.25) is 0 Å². The molecule has 0 saturated carbocycles. The highest BCUT2D eigenvalue weighted by Crippen LogP contribution is 2.28. The maximum atomic E-state index is 14.4. The Morgan fingerprint density at radius 1 is 1.21 bits per heavy atom. The van der Waals surface area contributed by atoms with E-state index in [0.29, 0.717) is 28.0 Å². The number of hydrogen-bond acceptors (Lipinski definition) is 7. The number of nitrogens with zero attached hydrogens (tertiary/aromatic N) is 6. The molecule has 4 rings (SSSR count). The van der Waals surface area contributed by atoms with Gasteiger partial charge >= 0.3 is 5.97 Å². The molecule has 0 aliphatic rings. The Labute approximate surface area is 164 Å². The number of rotatable bonds is 4. The van der Waals surface area contributed by atoms with Gasteiger partial charge in [-0.25, -0.2) is 13.9 Å². The standard InChI is InChI=1S/C19H18FN7O2/c1-4-29-19(28)12-9-22-27(17(12)21)18-16-15(10(2)23-24-18)11(3)26(25-16)14-8-6-5-7-13(14)20/h5-9H,4,21H2,1-3H3. The molecule has 148 valence electrons. The van der Waals surface area contributed by atoms with E-state index in [1.165, 1.54) is 21.6 Å². The third-order valence-corrected chi connectivity index (χ3v) is 4.57. The van der Waals surface area contributed by atoms with Crippen LogP contribution in [0.2, 0.25) is 0 Å². The Kier molecular flexibility index (Phi) is 4.45. The fourth-order valence-corrected chi connectivity index (χ4v) is 3.21. The van der Waals surface area contributed by atoms with Crippen LogP contribution in [-0.2, 0) is 4.74 Å². The van der Waals surface area contributed by atoms with Gasteiger partial charge in [0.1, 0.15) is 28.4 Å². The molecule has 1 aromatic carbocycles. The summed E-state index contributed by atoms with van der Waals surface area (Å²) in [6, 6.07) is 6.33. The highest BCUT2D eigenvalue weighted by Gasteiger charge is 2.23. The summed E-state index contributed by atoms with van der Waals surface area (Å²) in [6.07, 6.45) is 1.31. The normalized spacial score (nSPS) is 11.2. The topological polar surface area (TPSA) is 114 Å². The van der Waals surface area contributed by atoms with E-state index in [1.807, 2.05) is 6.92 Å². The van der Waals surface area contributed by atoms with Gasteiger partial charge in [0.15, 0.2) is 0 Å². The van der Waals surface area contributed by atoms with E-state index in [4.69, 9.17) is 10.5 Å². The number of aryl methyl sites for hydroxylation is 2. The van der Waals surface area contributed by atoms with Crippen LogP contribution in [0.25, 0.3) is 22.4 Å². The van der Waals surface area contributed by atoms with E-state index in [1.54, 1.807) is 32.0 Å². The Morgan fingerprint density at radius 3 is 2.69 bits per heavy atom. The number of nitrogens with two attached hydrogens (primary N) is 1. The van der Waals surface area contributed by atoms with Crippen molar-refractivity contribution in [2.45, 2.75) is 20.8 Å². The Morgan fingerprint density at radius 2 is 1.97 bits per heavy atom. The number of carbonyl (C=O) groups excluding carboxylic acids is 1. The SMILES string of the molecule is CCOC(=O)c1cnn(-c2nnc(C)c3c(C)n(-c4ccccc4F)nc23)c1N. The van der Waals surface area contributed by atoms with Crippen LogP contribution < -0.4 is 5.73 Å². The highest BCUT2D eigenvalue weighted by molar-refractivity contribution is 5.95. The molecule has 0 saturated heterocycles. The van der Waals surface area contributed by atoms with Crippen LogP contribution in [0.3, 0.4) is 0 Å². The maximum absolute atomic E-state index is 14.4. The molecular weight excluding hydrogens is 377 g/mol. The van der Waals surface area contributed by atoms with Crippen molar-refractivity contribution in [3.8, 4) is 11.5 Å². The van der Waals surface area contributed by atoms with E-state index in [2.05, 4.69) is 20.4 Å². The van der Waals surface area contributed by atoms with Gasteiger partial charge in [0.2, 0.25) is 5.82 Å². The van der Waals surface area contributed by atoms with Gasteiger partial charge in [-0.15, -0.1) is 5.10 Å². The summed E-state index contributed by atoms with van der Waals surface area (Å²) >= 11 is 0. The molecular formula is C19H18FN7O2. The average molecular weight is 395 g/mol. The highest BCUT2D eigenvalue weighted by atomic mass is 19.1. The molecule has 3 aromatic heterocycles. The minimum Gasteiger partial charge on any atom is -0.462 e. The van der Waals surface area contributed by atoms with E-state index in [-0.39, 0.29) is 23.8 Å². The Bertz CT molecular complexity index is 1250. The first kappa shape index (κ1) is 18.5. The maximum Gasteiger partial charge on any atom is 0.343 e. The van der Waals surface area contributed by atoms with Crippen molar-refractivity contribution in [1.29, 1.82) is 0 Å². The van der Waals surface area contributed by atoms with Crippen molar-refractivity contribution < 1.29 is 13.9 Å². The molecule has 0 fully saturated rings. The molecule has 0 amide bonds. The molecule has 10 heteroatoms. The minimum atomic E-state index is -0.583. The molecule has 3 heterocycles. The van der Waals surface area contributed by atoms with Crippen LogP contribution in [0, 0.1) is 19.7 Å². The molecule has 4 aromatic rings. The van der Waals surface area contributed by atoms with Crippen molar-refractivity contribution in [1.82, 2.24) is 29.8 Å². The molecule has 0 aliphatic heterocycles. The van der Waals surface area contributed by atoms with Crippen LogP contribution in [0.1, 0.15) is 28.7 Å². The number of nitrogen functional groups attached to an aromatic ring is 1. The lowest BCUT2D eigenvalue weighted by molar-refractivity contribution is 0.0527. The number of halogens is 1. The minimum absolute atomic E-state index is 0.0565. The van der Waals surface area contributed by atoms with Crippen LogP contribution in [0.5, 0.6) is 0 Å². The van der Waals surface area contributed by atoms with Gasteiger partial charge in [-0.2, -0.15) is 20.0 Å². The lowest BCUT2D eigenvalue weighted by Gasteiger charge is -2.05. The number of fused-ring (bicyclic) bond motifs is 1. The second-order valence-electron chi connectivity index (χ2n) is 6.36. The summed E-state index contributed by atoms with van der Waals surface area (Å²) in [7, 11) is 0. The number of anilines is 1. The Hall–Kier alpha value is -3.82. The summed E-state index contributed by atoms with van der Waals surface area (Å²) in [4.78, 5) is 12.1. The Balaban J connectivity index is 1.94. The molecule has 0 unspecified atom stereocenters. The number of aromatic nitrogens is 6. The predicted molar refractivity (Wildman–Crippen MR) is 104 cm³/mol. The zero-order valence-corrected chi connectivity index (χ0v) is 16.0. The predicted octanol–water partition coefficient (Wildman–Crippen LogP) is 2.52. The van der Waals surface area contributed by atoms with Crippen molar-refractivity contribution in [2.24, 2.45) is 0 Å². The number of benzene rings is 1. The van der Waals surface area contributed by atoms with Crippen LogP contribution in [0.4, 0.5) is 10.2 Å². The third-order valence-electron chi connectivity index (χ3n) is 4.57. The zero-order chi connectivity index (χ0) is 20.7. The number of para-hydroxylation sites is 1. The first-order valence-corrected chi connectivity index (χ1v) is 8.92. The summed E-state index contributed by atoms with van der Waals surface area (Å²) in [6.45, 7) is 5.52. The van der Waals surface area contributed by atoms with Crippen molar-refractivity contribution in [3.05, 3.63) is 53.2 Å². The summed E-state index contributed by atoms with van der Waals surface area (Å²) in [5.74, 6) is -0.704. The molecule has 0 bridgehead atoms. The monoisotopic (exact) mass is 395 g/mol. The molecule has 0 radical (unpaired) electrons. The third kappa shape index (κ3) is 2.89. The fourth-order valence-electron chi connectivity index (χ4n) is 3.21. The van der Waals surface area contributed by atoms with Gasteiger partial charge in [0, 0.05) is 0 Å². The van der Waals surface area contributed by atoms with Crippen LogP contribution in [-0.4, -0.2) is 42.3 Å². The first-order valence-electron chi connectivity index (χ1n) is 8.92. The zero-order valence-electron chi connectivity index (χ0n) is 16.0. The molecule has 0 atom stereocenters. The molecule has 29 heavy (non-hydrogen) atoms. The molecule has 0 spiro atoms. The number of ether oxygens (including phenoxy) is 1. The van der Waals surface area contributed by atoms with Crippen molar-refractivity contribution >= 4 is 22.7 Å². The number of esters is 1. The van der Waals surface area contributed by atoms with Crippen LogP contribution >= 0.6 is 0 Å². The lowest BCUT2D eigenvalue weighted by atomic mass is 10.2. The van der Waals surface area contributed by atoms with Gasteiger partial charge in [-0.1, -0.05) is 12.1 Å². The van der Waals surface area contributed by atoms with Gasteiger partial charge < -0.3 is 10.5 Å². The van der Waals surface area contributed by atoms with Crippen molar-refractivity contribution in [2.75, 3.05) is 12.3 Å². The first-order chi connectivity index (χ1) is 13.9. The molecule has 9 nitrogen and oxygen atoms in total. The molecule has 2 N–H and O–H groups in total. The lowest BCUT2D eigenvalue weighted by Crippen LogP contribution is -2.11. The van der Waals surface area contributed by atoms with E-state index < -0.39 is 11.8 Å². The number of carbonyl (C=O) groups is 1. The second kappa shape index (κ2) is 6.97. The van der Waals surface area contributed by atoms with Crippen molar-refractivity contribution in [3.63, 3.8) is 0 Å². The quantitative estimate of drug-likeness (QED) is 0.528. The van der Waals surface area contributed by atoms with Gasteiger partial charge in [0.25, 0.3) is 0 Å². The number of hydrogen-bond donors (Lipinski definition) is 1. The largest absolute Gasteiger partial charge is 0.462 e. The van der Waals surface area contributed by atoms with E-state index >= 15 is 0 Å². The van der Waals surface area contributed by atoms with Gasteiger partial charge in [-0.05, 0) is 32.9 Å². The second-order valence-corrected chi connectivity index (χ2v) is 6.36. The van der Waals surface area contributed by atoms with Crippen LogP contribution in [0.15, 0.2) is 30.5 Å². The average Bonchev–Trinajstić information content (AvgIpc) is 3.24. The fraction of sp³-hybridized carbons (Fsp3) is 0.211. The van der Waals surface area contributed by atoms with E-state index in [0.717, 1.165) is 0 Å². The summed E-state index contributed by atoms with van der Waals surface area (Å²) in [5.41, 5.74) is 8.28. The molecule has 0 aliphatic carbocycles. The summed E-state index contributed by atoms with van der Waals surface area (Å²) < 4.78 is 22.1. The summed E-state index contributed by atoms with van der Waals surface area (Å²) in [5, 5.41) is 17.8. The van der Waals surface area contributed by atoms with Gasteiger partial charge in [0.05, 0.1) is 29.6 Å². The van der Waals surface area contributed by atoms with E-state index in [9.17, 15) is 9.18 Å². The smallest absolute Gasteiger partial charge is 0.343 e.